The highest BCUT2D eigenvalue weighted by Gasteiger charge is 2.36. The molecule has 1 saturated heterocycles. The minimum absolute atomic E-state index is 0.132. The Kier molecular flexibility index (Phi) is 5.40. The molecule has 1 aliphatic heterocycles. The van der Waals surface area contributed by atoms with Gasteiger partial charge in [0.1, 0.15) is 10.7 Å². The number of sulfonamides is 1. The number of halogens is 1. The van der Waals surface area contributed by atoms with Crippen molar-refractivity contribution in [1.29, 1.82) is 0 Å². The van der Waals surface area contributed by atoms with E-state index in [-0.39, 0.29) is 18.0 Å². The van der Waals surface area contributed by atoms with Crippen LogP contribution >= 0.6 is 0 Å². The molecular weight excluding hydrogens is 361 g/mol. The maximum atomic E-state index is 14.6. The van der Waals surface area contributed by atoms with E-state index in [1.165, 1.54) is 18.5 Å². The minimum atomic E-state index is -4.09. The van der Waals surface area contributed by atoms with Crippen LogP contribution in [0, 0.1) is 5.82 Å². The smallest absolute Gasteiger partial charge is 0.246 e. The predicted octanol–water partition coefficient (Wildman–Crippen LogP) is 1.57. The number of rotatable bonds is 5. The molecule has 2 heterocycles. The summed E-state index contributed by atoms with van der Waals surface area (Å²) in [5, 5.41) is 3.17. The standard InChI is InChI=1S/C17H20FN3O4S/c1-24-15-8-13(18)17(9-16(15)25-2)26(22,23)21-7-6-20-11-14(21)12-4-3-5-19-10-12/h3-5,8-10,14,20H,6-7,11H2,1-2H3. The van der Waals surface area contributed by atoms with Gasteiger partial charge in [0.15, 0.2) is 11.5 Å². The van der Waals surface area contributed by atoms with Crippen LogP contribution in [0.15, 0.2) is 41.6 Å². The van der Waals surface area contributed by atoms with Gasteiger partial charge in [-0.25, -0.2) is 12.8 Å². The van der Waals surface area contributed by atoms with E-state index in [9.17, 15) is 12.8 Å². The van der Waals surface area contributed by atoms with Crippen LogP contribution in [0.25, 0.3) is 0 Å². The molecule has 26 heavy (non-hydrogen) atoms. The molecular formula is C17H20FN3O4S. The second-order valence-electron chi connectivity index (χ2n) is 5.76. The number of aromatic nitrogens is 1. The van der Waals surface area contributed by atoms with E-state index in [2.05, 4.69) is 10.3 Å². The summed E-state index contributed by atoms with van der Waals surface area (Å²) in [5.41, 5.74) is 0.740. The number of methoxy groups -OCH3 is 2. The molecule has 0 spiro atoms. The first kappa shape index (κ1) is 18.6. The Labute approximate surface area is 151 Å². The van der Waals surface area contributed by atoms with Crippen LogP contribution in [0.4, 0.5) is 4.39 Å². The highest BCUT2D eigenvalue weighted by molar-refractivity contribution is 7.89. The molecule has 0 aliphatic carbocycles. The van der Waals surface area contributed by atoms with Gasteiger partial charge in [0.25, 0.3) is 0 Å². The summed E-state index contributed by atoms with van der Waals surface area (Å²) in [7, 11) is -1.36. The van der Waals surface area contributed by atoms with Crippen LogP contribution in [-0.4, -0.2) is 51.6 Å². The van der Waals surface area contributed by atoms with Crippen LogP contribution in [0.3, 0.4) is 0 Å². The summed E-state index contributed by atoms with van der Waals surface area (Å²) in [6.07, 6.45) is 3.23. The summed E-state index contributed by atoms with van der Waals surface area (Å²) in [6.45, 7) is 1.11. The van der Waals surface area contributed by atoms with Crippen molar-refractivity contribution in [2.75, 3.05) is 33.9 Å². The zero-order valence-corrected chi connectivity index (χ0v) is 15.3. The second-order valence-corrected chi connectivity index (χ2v) is 7.62. The Bertz CT molecular complexity index is 877. The van der Waals surface area contributed by atoms with Crippen LogP contribution < -0.4 is 14.8 Å². The molecule has 0 bridgehead atoms. The van der Waals surface area contributed by atoms with Crippen molar-refractivity contribution < 1.29 is 22.3 Å². The molecule has 0 radical (unpaired) electrons. The van der Waals surface area contributed by atoms with E-state index in [4.69, 9.17) is 9.47 Å². The molecule has 3 rings (SSSR count). The van der Waals surface area contributed by atoms with Crippen molar-refractivity contribution >= 4 is 10.0 Å². The third-order valence-corrected chi connectivity index (χ3v) is 6.21. The van der Waals surface area contributed by atoms with Crippen molar-refractivity contribution in [3.63, 3.8) is 0 Å². The molecule has 1 aliphatic rings. The summed E-state index contributed by atoms with van der Waals surface area (Å²) in [4.78, 5) is 3.62. The number of hydrogen-bond donors (Lipinski definition) is 1. The fourth-order valence-electron chi connectivity index (χ4n) is 2.99. The van der Waals surface area contributed by atoms with Gasteiger partial charge in [-0.05, 0) is 11.6 Å². The van der Waals surface area contributed by atoms with Crippen molar-refractivity contribution in [3.8, 4) is 11.5 Å². The quantitative estimate of drug-likeness (QED) is 0.847. The van der Waals surface area contributed by atoms with Crippen molar-refractivity contribution in [2.24, 2.45) is 0 Å². The molecule has 1 fully saturated rings. The lowest BCUT2D eigenvalue weighted by atomic mass is 10.1. The number of benzene rings is 1. The van der Waals surface area contributed by atoms with Gasteiger partial charge in [-0.15, -0.1) is 0 Å². The molecule has 9 heteroatoms. The van der Waals surface area contributed by atoms with Gasteiger partial charge in [0.2, 0.25) is 10.0 Å². The fourth-order valence-corrected chi connectivity index (χ4v) is 4.67. The van der Waals surface area contributed by atoms with E-state index in [0.717, 1.165) is 17.7 Å². The number of nitrogens with one attached hydrogen (secondary N) is 1. The number of pyridine rings is 1. The van der Waals surface area contributed by atoms with Gasteiger partial charge in [0.05, 0.1) is 20.3 Å². The Morgan fingerprint density at radius 1 is 1.27 bits per heavy atom. The van der Waals surface area contributed by atoms with E-state index in [1.54, 1.807) is 24.5 Å². The lowest BCUT2D eigenvalue weighted by molar-refractivity contribution is 0.270. The monoisotopic (exact) mass is 381 g/mol. The molecule has 1 unspecified atom stereocenters. The van der Waals surface area contributed by atoms with Gasteiger partial charge in [-0.3, -0.25) is 4.98 Å². The Hall–Kier alpha value is -2.23. The fraction of sp³-hybridized carbons (Fsp3) is 0.353. The molecule has 1 N–H and O–H groups in total. The van der Waals surface area contributed by atoms with Crippen LogP contribution in [0.1, 0.15) is 11.6 Å². The number of piperazine rings is 1. The SMILES string of the molecule is COc1cc(F)c(S(=O)(=O)N2CCNCC2c2cccnc2)cc1OC. The van der Waals surface area contributed by atoms with Gasteiger partial charge < -0.3 is 14.8 Å². The van der Waals surface area contributed by atoms with E-state index >= 15 is 0 Å². The second kappa shape index (κ2) is 7.56. The molecule has 7 nitrogen and oxygen atoms in total. The van der Waals surface area contributed by atoms with Crippen molar-refractivity contribution in [1.82, 2.24) is 14.6 Å². The van der Waals surface area contributed by atoms with Crippen LogP contribution in [-0.2, 0) is 10.0 Å². The van der Waals surface area contributed by atoms with Crippen molar-refractivity contribution in [2.45, 2.75) is 10.9 Å². The Morgan fingerprint density at radius 3 is 2.65 bits per heavy atom. The summed E-state index contributed by atoms with van der Waals surface area (Å²) in [5.74, 6) is -0.597. The molecule has 2 aromatic rings. The topological polar surface area (TPSA) is 80.8 Å². The first-order chi connectivity index (χ1) is 12.5. The van der Waals surface area contributed by atoms with Crippen molar-refractivity contribution in [3.05, 3.63) is 48.0 Å². The summed E-state index contributed by atoms with van der Waals surface area (Å²) < 4.78 is 52.4. The molecule has 0 saturated carbocycles. The van der Waals surface area contributed by atoms with E-state index in [0.29, 0.717) is 13.1 Å². The first-order valence-corrected chi connectivity index (χ1v) is 9.47. The molecule has 140 valence electrons. The summed E-state index contributed by atoms with van der Waals surface area (Å²) in [6, 6.07) is 5.25. The zero-order chi connectivity index (χ0) is 18.7. The van der Waals surface area contributed by atoms with E-state index in [1.807, 2.05) is 0 Å². The molecule has 0 amide bonds. The molecule has 1 atom stereocenters. The normalized spacial score (nSPS) is 18.5. The highest BCUT2D eigenvalue weighted by atomic mass is 32.2. The predicted molar refractivity (Wildman–Crippen MR) is 93.2 cm³/mol. The number of ether oxygens (including phenoxy) is 2. The maximum Gasteiger partial charge on any atom is 0.246 e. The van der Waals surface area contributed by atoms with E-state index < -0.39 is 26.8 Å². The lowest BCUT2D eigenvalue weighted by Gasteiger charge is -2.35. The zero-order valence-electron chi connectivity index (χ0n) is 14.5. The average molecular weight is 381 g/mol. The maximum absolute atomic E-state index is 14.6. The lowest BCUT2D eigenvalue weighted by Crippen LogP contribution is -2.48. The largest absolute Gasteiger partial charge is 0.493 e. The Morgan fingerprint density at radius 2 is 2.00 bits per heavy atom. The third kappa shape index (κ3) is 3.37. The average Bonchev–Trinajstić information content (AvgIpc) is 2.68. The van der Waals surface area contributed by atoms with Gasteiger partial charge in [0, 0.05) is 44.2 Å². The Balaban J connectivity index is 2.06. The van der Waals surface area contributed by atoms with Gasteiger partial charge >= 0.3 is 0 Å². The van der Waals surface area contributed by atoms with Crippen LogP contribution in [0.5, 0.6) is 11.5 Å². The highest BCUT2D eigenvalue weighted by Crippen LogP contribution is 2.35. The third-order valence-electron chi connectivity index (χ3n) is 4.29. The first-order valence-electron chi connectivity index (χ1n) is 8.03. The molecule has 1 aromatic heterocycles. The number of hydrogen-bond acceptors (Lipinski definition) is 6. The molecule has 1 aromatic carbocycles. The van der Waals surface area contributed by atoms with Crippen LogP contribution in [0.2, 0.25) is 0 Å². The summed E-state index contributed by atoms with van der Waals surface area (Å²) >= 11 is 0. The number of nitrogens with zero attached hydrogens (tertiary/aromatic N) is 2. The van der Waals surface area contributed by atoms with Gasteiger partial charge in [-0.1, -0.05) is 6.07 Å². The minimum Gasteiger partial charge on any atom is -0.493 e. The van der Waals surface area contributed by atoms with Gasteiger partial charge in [-0.2, -0.15) is 4.31 Å².